The molecule has 2 aromatic rings. The van der Waals surface area contributed by atoms with Crippen LogP contribution in [0.25, 0.3) is 10.9 Å². The van der Waals surface area contributed by atoms with Gasteiger partial charge in [-0.2, -0.15) is 0 Å². The molecule has 22 heavy (non-hydrogen) atoms. The summed E-state index contributed by atoms with van der Waals surface area (Å²) in [6.45, 7) is 3.78. The molecule has 0 aliphatic heterocycles. The third kappa shape index (κ3) is 3.66. The maximum atomic E-state index is 12.9. The molecule has 0 spiro atoms. The van der Waals surface area contributed by atoms with Gasteiger partial charge < -0.3 is 10.4 Å². The number of carboxylic acid groups (broad SMARTS) is 1. The summed E-state index contributed by atoms with van der Waals surface area (Å²) in [7, 11) is 0. The minimum atomic E-state index is -2.82. The number of hydrogen-bond acceptors (Lipinski definition) is 4. The second-order valence-corrected chi connectivity index (χ2v) is 5.41. The largest absolute Gasteiger partial charge is 0.480 e. The molecule has 0 saturated carbocycles. The lowest BCUT2D eigenvalue weighted by atomic mass is 10.0. The van der Waals surface area contributed by atoms with Gasteiger partial charge in [0.25, 0.3) is 6.43 Å². The molecule has 0 aliphatic rings. The Hall–Kier alpha value is -2.31. The van der Waals surface area contributed by atoms with Gasteiger partial charge in [-0.3, -0.25) is 0 Å². The number of anilines is 1. The van der Waals surface area contributed by atoms with Crippen LogP contribution in [0.3, 0.4) is 0 Å². The highest BCUT2D eigenvalue weighted by Gasteiger charge is 2.22. The van der Waals surface area contributed by atoms with Crippen LogP contribution in [0.15, 0.2) is 24.3 Å². The summed E-state index contributed by atoms with van der Waals surface area (Å²) in [4.78, 5) is 18.9. The van der Waals surface area contributed by atoms with E-state index in [0.29, 0.717) is 17.3 Å². The lowest BCUT2D eigenvalue weighted by Crippen LogP contribution is -2.31. The van der Waals surface area contributed by atoms with Crippen LogP contribution in [-0.4, -0.2) is 27.1 Å². The molecule has 118 valence electrons. The van der Waals surface area contributed by atoms with Crippen LogP contribution >= 0.6 is 0 Å². The van der Waals surface area contributed by atoms with Gasteiger partial charge >= 0.3 is 5.97 Å². The van der Waals surface area contributed by atoms with Crippen molar-refractivity contribution in [1.29, 1.82) is 0 Å². The van der Waals surface area contributed by atoms with Crippen LogP contribution in [0.1, 0.15) is 32.5 Å². The van der Waals surface area contributed by atoms with Gasteiger partial charge in [0.2, 0.25) is 0 Å². The van der Waals surface area contributed by atoms with Crippen molar-refractivity contribution in [2.24, 2.45) is 5.92 Å². The predicted molar refractivity (Wildman–Crippen MR) is 79.0 cm³/mol. The summed E-state index contributed by atoms with van der Waals surface area (Å²) < 4.78 is 25.8. The zero-order valence-electron chi connectivity index (χ0n) is 12.3. The zero-order valence-corrected chi connectivity index (χ0v) is 12.3. The van der Waals surface area contributed by atoms with Crippen LogP contribution in [0.4, 0.5) is 14.6 Å². The number of halogens is 2. The highest BCUT2D eigenvalue weighted by Crippen LogP contribution is 2.25. The molecule has 1 atom stereocenters. The minimum absolute atomic E-state index is 0.119. The van der Waals surface area contributed by atoms with E-state index in [2.05, 4.69) is 15.3 Å². The molecule has 5 nitrogen and oxygen atoms in total. The van der Waals surface area contributed by atoms with E-state index in [4.69, 9.17) is 0 Å². The number of carbonyl (C=O) groups is 1. The highest BCUT2D eigenvalue weighted by molar-refractivity contribution is 5.90. The van der Waals surface area contributed by atoms with Gasteiger partial charge in [0.05, 0.1) is 5.52 Å². The van der Waals surface area contributed by atoms with Crippen molar-refractivity contribution in [3.05, 3.63) is 30.1 Å². The molecule has 0 radical (unpaired) electrons. The summed E-state index contributed by atoms with van der Waals surface area (Å²) in [6.07, 6.45) is -2.46. The Kier molecular flexibility index (Phi) is 4.85. The SMILES string of the molecule is CC(C)C[C@H](Nc1nc(C(F)F)nc2ccccc12)C(=O)O. The average molecular weight is 309 g/mol. The molecule has 2 N–H and O–H groups in total. The number of fused-ring (bicyclic) bond motifs is 1. The number of para-hydroxylation sites is 1. The topological polar surface area (TPSA) is 75.1 Å². The van der Waals surface area contributed by atoms with Crippen molar-refractivity contribution in [2.75, 3.05) is 5.32 Å². The molecule has 7 heteroatoms. The van der Waals surface area contributed by atoms with Gasteiger partial charge in [-0.1, -0.05) is 26.0 Å². The van der Waals surface area contributed by atoms with E-state index < -0.39 is 24.3 Å². The van der Waals surface area contributed by atoms with E-state index in [0.717, 1.165) is 0 Å². The second-order valence-electron chi connectivity index (χ2n) is 5.41. The van der Waals surface area contributed by atoms with Crippen molar-refractivity contribution in [1.82, 2.24) is 9.97 Å². The number of nitrogens with zero attached hydrogens (tertiary/aromatic N) is 2. The monoisotopic (exact) mass is 309 g/mol. The highest BCUT2D eigenvalue weighted by atomic mass is 19.3. The van der Waals surface area contributed by atoms with E-state index in [1.165, 1.54) is 0 Å². The molecule has 0 amide bonds. The van der Waals surface area contributed by atoms with Crippen LogP contribution in [0.5, 0.6) is 0 Å². The van der Waals surface area contributed by atoms with Crippen molar-refractivity contribution >= 4 is 22.7 Å². The first kappa shape index (κ1) is 16.1. The Bertz CT molecular complexity index is 677. The fourth-order valence-electron chi connectivity index (χ4n) is 2.16. The van der Waals surface area contributed by atoms with Crippen LogP contribution in [-0.2, 0) is 4.79 Å². The van der Waals surface area contributed by atoms with Gasteiger partial charge in [-0.15, -0.1) is 0 Å². The normalized spacial score (nSPS) is 12.8. The molecule has 0 saturated heterocycles. The van der Waals surface area contributed by atoms with Crippen molar-refractivity contribution in [3.8, 4) is 0 Å². The summed E-state index contributed by atoms with van der Waals surface area (Å²) in [5, 5.41) is 12.6. The third-order valence-electron chi connectivity index (χ3n) is 3.13. The Balaban J connectivity index is 2.45. The van der Waals surface area contributed by atoms with Crippen LogP contribution < -0.4 is 5.32 Å². The fraction of sp³-hybridized carbons (Fsp3) is 0.400. The first-order valence-corrected chi connectivity index (χ1v) is 6.92. The van der Waals surface area contributed by atoms with Crippen LogP contribution in [0.2, 0.25) is 0 Å². The minimum Gasteiger partial charge on any atom is -0.480 e. The molecule has 0 aliphatic carbocycles. The van der Waals surface area contributed by atoms with E-state index >= 15 is 0 Å². The quantitative estimate of drug-likeness (QED) is 0.854. The number of aromatic nitrogens is 2. The fourth-order valence-corrected chi connectivity index (χ4v) is 2.16. The first-order chi connectivity index (χ1) is 10.4. The van der Waals surface area contributed by atoms with Crippen LogP contribution in [0, 0.1) is 5.92 Å². The molecule has 0 bridgehead atoms. The van der Waals surface area contributed by atoms with E-state index in [9.17, 15) is 18.7 Å². The Morgan fingerprint density at radius 1 is 1.27 bits per heavy atom. The molecular weight excluding hydrogens is 292 g/mol. The molecule has 1 aromatic carbocycles. The van der Waals surface area contributed by atoms with E-state index in [-0.39, 0.29) is 11.7 Å². The molecule has 0 fully saturated rings. The van der Waals surface area contributed by atoms with Gasteiger partial charge in [0, 0.05) is 5.39 Å². The average Bonchev–Trinajstić information content (AvgIpc) is 2.45. The lowest BCUT2D eigenvalue weighted by molar-refractivity contribution is -0.138. The van der Waals surface area contributed by atoms with Crippen molar-refractivity contribution in [3.63, 3.8) is 0 Å². The number of alkyl halides is 2. The number of carboxylic acids is 1. The standard InChI is InChI=1S/C15H17F2N3O2/c1-8(2)7-11(15(21)22)19-13-9-5-3-4-6-10(9)18-14(20-13)12(16)17/h3-6,8,11-12H,7H2,1-2H3,(H,21,22)(H,18,19,20)/t11-/m0/s1. The Morgan fingerprint density at radius 3 is 2.55 bits per heavy atom. The summed E-state index contributed by atoms with van der Waals surface area (Å²) in [5.41, 5.74) is 0.351. The predicted octanol–water partition coefficient (Wildman–Crippen LogP) is 3.48. The smallest absolute Gasteiger partial charge is 0.326 e. The Labute approximate surface area is 126 Å². The number of hydrogen-bond donors (Lipinski definition) is 2. The number of rotatable bonds is 6. The van der Waals surface area contributed by atoms with Gasteiger partial charge in [0.1, 0.15) is 11.9 Å². The van der Waals surface area contributed by atoms with Crippen molar-refractivity contribution in [2.45, 2.75) is 32.7 Å². The Morgan fingerprint density at radius 2 is 1.95 bits per heavy atom. The molecule has 1 heterocycles. The molecule has 0 unspecified atom stereocenters. The van der Waals surface area contributed by atoms with E-state index in [1.54, 1.807) is 24.3 Å². The maximum absolute atomic E-state index is 12.9. The number of aliphatic carboxylic acids is 1. The van der Waals surface area contributed by atoms with Gasteiger partial charge in [-0.05, 0) is 24.5 Å². The van der Waals surface area contributed by atoms with Gasteiger partial charge in [-0.25, -0.2) is 23.5 Å². The zero-order chi connectivity index (χ0) is 16.3. The summed E-state index contributed by atoms with van der Waals surface area (Å²) >= 11 is 0. The second kappa shape index (κ2) is 6.64. The van der Waals surface area contributed by atoms with E-state index in [1.807, 2.05) is 13.8 Å². The van der Waals surface area contributed by atoms with Crippen molar-refractivity contribution < 1.29 is 18.7 Å². The number of benzene rings is 1. The first-order valence-electron chi connectivity index (χ1n) is 6.92. The maximum Gasteiger partial charge on any atom is 0.326 e. The third-order valence-corrected chi connectivity index (χ3v) is 3.13. The molecule has 2 rings (SSSR count). The molecule has 1 aromatic heterocycles. The molecular formula is C15H17F2N3O2. The van der Waals surface area contributed by atoms with Gasteiger partial charge in [0.15, 0.2) is 5.82 Å². The lowest BCUT2D eigenvalue weighted by Gasteiger charge is -2.18. The summed E-state index contributed by atoms with van der Waals surface area (Å²) in [5.74, 6) is -1.41. The summed E-state index contributed by atoms with van der Waals surface area (Å²) in [6, 6.07) is 5.76. The number of nitrogens with one attached hydrogen (secondary N) is 1.